The molecule has 0 saturated carbocycles. The zero-order valence-electron chi connectivity index (χ0n) is 10.3. The Bertz CT molecular complexity index is 531. The van der Waals surface area contributed by atoms with Gasteiger partial charge in [0, 0.05) is 12.2 Å². The molecule has 100 valence electrons. The van der Waals surface area contributed by atoms with Gasteiger partial charge in [0.05, 0.1) is 6.54 Å². The number of benzene rings is 1. The molecule has 2 heterocycles. The molecule has 0 aromatic heterocycles. The first kappa shape index (κ1) is 12.3. The van der Waals surface area contributed by atoms with E-state index in [0.717, 1.165) is 34.5 Å². The first-order valence-electron chi connectivity index (χ1n) is 6.17. The minimum atomic E-state index is 0.00539. The average Bonchev–Trinajstić information content (AvgIpc) is 3.06. The molecule has 0 bridgehead atoms. The van der Waals surface area contributed by atoms with Crippen LogP contribution in [0.2, 0.25) is 0 Å². The molecule has 0 aliphatic carbocycles. The van der Waals surface area contributed by atoms with Gasteiger partial charge >= 0.3 is 0 Å². The largest absolute Gasteiger partial charge is 0.454 e. The summed E-state index contributed by atoms with van der Waals surface area (Å²) in [6, 6.07) is 5.77. The molecule has 1 aromatic carbocycles. The number of amides is 1. The fourth-order valence-corrected chi connectivity index (χ4v) is 2.69. The Morgan fingerprint density at radius 3 is 3.11 bits per heavy atom. The van der Waals surface area contributed by atoms with Gasteiger partial charge < -0.3 is 14.8 Å². The standard InChI is InChI=1S/C13H14N2O3S/c16-12(15-13-14-5-6-19-13)4-2-9-1-3-10-11(7-9)18-8-17-10/h1,3,7H,2,4-6,8H2,(H,14,15,16). The van der Waals surface area contributed by atoms with Gasteiger partial charge in [0.1, 0.15) is 0 Å². The van der Waals surface area contributed by atoms with E-state index in [2.05, 4.69) is 10.3 Å². The van der Waals surface area contributed by atoms with E-state index in [1.54, 1.807) is 11.8 Å². The first-order chi connectivity index (χ1) is 9.31. The highest BCUT2D eigenvalue weighted by Crippen LogP contribution is 2.32. The molecule has 1 N–H and O–H groups in total. The van der Waals surface area contributed by atoms with E-state index in [0.29, 0.717) is 12.8 Å². The van der Waals surface area contributed by atoms with Crippen LogP contribution in [0, 0.1) is 0 Å². The second-order valence-corrected chi connectivity index (χ2v) is 5.35. The number of nitrogens with zero attached hydrogens (tertiary/aromatic N) is 1. The highest BCUT2D eigenvalue weighted by Gasteiger charge is 2.14. The summed E-state index contributed by atoms with van der Waals surface area (Å²) in [5, 5.41) is 3.57. The van der Waals surface area contributed by atoms with Crippen LogP contribution in [-0.2, 0) is 11.2 Å². The number of fused-ring (bicyclic) bond motifs is 1. The first-order valence-corrected chi connectivity index (χ1v) is 7.15. The number of hydrogen-bond acceptors (Lipinski definition) is 5. The second-order valence-electron chi connectivity index (χ2n) is 4.27. The molecule has 2 aliphatic heterocycles. The summed E-state index contributed by atoms with van der Waals surface area (Å²) < 4.78 is 10.6. The van der Waals surface area contributed by atoms with E-state index in [-0.39, 0.29) is 12.7 Å². The molecule has 3 rings (SSSR count). The van der Waals surface area contributed by atoms with Crippen LogP contribution in [0.4, 0.5) is 0 Å². The Morgan fingerprint density at radius 2 is 2.26 bits per heavy atom. The van der Waals surface area contributed by atoms with Crippen LogP contribution in [-0.4, -0.2) is 30.2 Å². The van der Waals surface area contributed by atoms with Crippen molar-refractivity contribution in [2.45, 2.75) is 12.8 Å². The third-order valence-corrected chi connectivity index (χ3v) is 3.80. The molecule has 6 heteroatoms. The van der Waals surface area contributed by atoms with Crippen molar-refractivity contribution in [3.63, 3.8) is 0 Å². The molecule has 0 atom stereocenters. The minimum absolute atomic E-state index is 0.00539. The fraction of sp³-hybridized carbons (Fsp3) is 0.385. The molecule has 0 saturated heterocycles. The summed E-state index contributed by atoms with van der Waals surface area (Å²) in [4.78, 5) is 15.9. The van der Waals surface area contributed by atoms with E-state index in [1.807, 2.05) is 18.2 Å². The van der Waals surface area contributed by atoms with Crippen molar-refractivity contribution in [3.8, 4) is 11.5 Å². The number of nitrogens with one attached hydrogen (secondary N) is 1. The SMILES string of the molecule is O=C(CCc1ccc2c(c1)OCO2)NC1=NCCS1. The van der Waals surface area contributed by atoms with E-state index in [9.17, 15) is 4.79 Å². The quantitative estimate of drug-likeness (QED) is 0.911. The lowest BCUT2D eigenvalue weighted by atomic mass is 10.1. The zero-order valence-corrected chi connectivity index (χ0v) is 11.2. The monoisotopic (exact) mass is 278 g/mol. The normalized spacial score (nSPS) is 16.3. The molecule has 0 unspecified atom stereocenters. The maximum atomic E-state index is 11.7. The fourth-order valence-electron chi connectivity index (χ4n) is 1.95. The minimum Gasteiger partial charge on any atom is -0.454 e. The third-order valence-electron chi connectivity index (χ3n) is 2.91. The summed E-state index contributed by atoms with van der Waals surface area (Å²) in [7, 11) is 0. The Kier molecular flexibility index (Phi) is 3.59. The lowest BCUT2D eigenvalue weighted by molar-refractivity contribution is -0.119. The summed E-state index contributed by atoms with van der Waals surface area (Å²) in [5.41, 5.74) is 1.07. The topological polar surface area (TPSA) is 59.9 Å². The molecule has 19 heavy (non-hydrogen) atoms. The second kappa shape index (κ2) is 5.52. The number of carbonyl (C=O) groups is 1. The number of hydrogen-bond donors (Lipinski definition) is 1. The van der Waals surface area contributed by atoms with Crippen molar-refractivity contribution < 1.29 is 14.3 Å². The van der Waals surface area contributed by atoms with Crippen LogP contribution in [0.5, 0.6) is 11.5 Å². The Labute approximate surface area is 115 Å². The van der Waals surface area contributed by atoms with Crippen LogP contribution in [0.3, 0.4) is 0 Å². The maximum Gasteiger partial charge on any atom is 0.231 e. The van der Waals surface area contributed by atoms with Gasteiger partial charge in [-0.3, -0.25) is 9.79 Å². The lowest BCUT2D eigenvalue weighted by Crippen LogP contribution is -2.27. The predicted molar refractivity (Wildman–Crippen MR) is 73.8 cm³/mol. The van der Waals surface area contributed by atoms with E-state index < -0.39 is 0 Å². The van der Waals surface area contributed by atoms with Gasteiger partial charge in [-0.25, -0.2) is 0 Å². The number of ether oxygens (including phenoxy) is 2. The van der Waals surface area contributed by atoms with Crippen molar-refractivity contribution in [1.82, 2.24) is 5.32 Å². The van der Waals surface area contributed by atoms with Crippen molar-refractivity contribution in [2.24, 2.45) is 4.99 Å². The van der Waals surface area contributed by atoms with Gasteiger partial charge in [0.2, 0.25) is 12.7 Å². The van der Waals surface area contributed by atoms with Gasteiger partial charge in [-0.05, 0) is 24.1 Å². The van der Waals surface area contributed by atoms with Crippen LogP contribution in [0.25, 0.3) is 0 Å². The Balaban J connectivity index is 1.52. The van der Waals surface area contributed by atoms with Crippen molar-refractivity contribution in [1.29, 1.82) is 0 Å². The maximum absolute atomic E-state index is 11.7. The van der Waals surface area contributed by atoms with Crippen LogP contribution in [0.15, 0.2) is 23.2 Å². The van der Waals surface area contributed by atoms with Gasteiger partial charge in [-0.2, -0.15) is 0 Å². The van der Waals surface area contributed by atoms with Crippen LogP contribution < -0.4 is 14.8 Å². The average molecular weight is 278 g/mol. The predicted octanol–water partition coefficient (Wildman–Crippen LogP) is 1.57. The molecular weight excluding hydrogens is 264 g/mol. The van der Waals surface area contributed by atoms with Crippen molar-refractivity contribution >= 4 is 22.8 Å². The number of carbonyl (C=O) groups excluding carboxylic acids is 1. The van der Waals surface area contributed by atoms with Crippen molar-refractivity contribution in [2.75, 3.05) is 19.1 Å². The Morgan fingerprint density at radius 1 is 1.37 bits per heavy atom. The highest BCUT2D eigenvalue weighted by molar-refractivity contribution is 8.14. The summed E-state index contributed by atoms with van der Waals surface area (Å²) in [6.07, 6.45) is 1.12. The van der Waals surface area contributed by atoms with Crippen LogP contribution >= 0.6 is 11.8 Å². The van der Waals surface area contributed by atoms with E-state index >= 15 is 0 Å². The number of aliphatic imine (C=N–C) groups is 1. The Hall–Kier alpha value is -1.69. The smallest absolute Gasteiger partial charge is 0.231 e. The van der Waals surface area contributed by atoms with E-state index in [4.69, 9.17) is 9.47 Å². The molecule has 0 radical (unpaired) electrons. The summed E-state index contributed by atoms with van der Waals surface area (Å²) >= 11 is 1.59. The van der Waals surface area contributed by atoms with E-state index in [1.165, 1.54) is 0 Å². The molecule has 1 aromatic rings. The summed E-state index contributed by atoms with van der Waals surface area (Å²) in [5.74, 6) is 2.49. The van der Waals surface area contributed by atoms with Crippen LogP contribution in [0.1, 0.15) is 12.0 Å². The number of aryl methyl sites for hydroxylation is 1. The third kappa shape index (κ3) is 3.01. The highest BCUT2D eigenvalue weighted by atomic mass is 32.2. The van der Waals surface area contributed by atoms with Gasteiger partial charge in [-0.15, -0.1) is 0 Å². The molecule has 5 nitrogen and oxygen atoms in total. The molecule has 1 amide bonds. The van der Waals surface area contributed by atoms with Gasteiger partial charge in [0.25, 0.3) is 0 Å². The van der Waals surface area contributed by atoms with Gasteiger partial charge in [-0.1, -0.05) is 17.8 Å². The molecule has 0 fully saturated rings. The van der Waals surface area contributed by atoms with Crippen molar-refractivity contribution in [3.05, 3.63) is 23.8 Å². The molecular formula is C13H14N2O3S. The summed E-state index contributed by atoms with van der Waals surface area (Å²) in [6.45, 7) is 1.07. The lowest BCUT2D eigenvalue weighted by Gasteiger charge is -2.05. The number of rotatable bonds is 3. The van der Waals surface area contributed by atoms with Gasteiger partial charge in [0.15, 0.2) is 16.7 Å². The number of thioether (sulfide) groups is 1. The number of amidine groups is 1. The molecule has 2 aliphatic rings. The molecule has 0 spiro atoms. The zero-order chi connectivity index (χ0) is 13.1.